The first-order chi connectivity index (χ1) is 7.34. The Hall–Kier alpha value is -0.0800. The summed E-state index contributed by atoms with van der Waals surface area (Å²) in [5.41, 5.74) is 1.41. The second kappa shape index (κ2) is 8.12. The SMILES string of the molecule is CCSCCCCSc1ccccc1C. The zero-order valence-corrected chi connectivity index (χ0v) is 11.3. The molecule has 84 valence electrons. The summed E-state index contributed by atoms with van der Waals surface area (Å²) in [6.07, 6.45) is 2.70. The van der Waals surface area contributed by atoms with Crippen molar-refractivity contribution in [2.24, 2.45) is 0 Å². The molecule has 0 radical (unpaired) electrons. The van der Waals surface area contributed by atoms with E-state index in [0.717, 1.165) is 0 Å². The van der Waals surface area contributed by atoms with Gasteiger partial charge in [-0.3, -0.25) is 0 Å². The zero-order valence-electron chi connectivity index (χ0n) is 9.66. The monoisotopic (exact) mass is 240 g/mol. The highest BCUT2D eigenvalue weighted by Crippen LogP contribution is 2.22. The molecule has 0 bridgehead atoms. The Kier molecular flexibility index (Phi) is 7.03. The van der Waals surface area contributed by atoms with Gasteiger partial charge >= 0.3 is 0 Å². The number of hydrogen-bond acceptors (Lipinski definition) is 2. The number of rotatable bonds is 7. The van der Waals surface area contributed by atoms with Crippen LogP contribution in [0.5, 0.6) is 0 Å². The van der Waals surface area contributed by atoms with E-state index in [-0.39, 0.29) is 0 Å². The third kappa shape index (κ3) is 5.53. The van der Waals surface area contributed by atoms with Gasteiger partial charge in [-0.05, 0) is 48.7 Å². The maximum Gasteiger partial charge on any atom is 0.0101 e. The molecular formula is C13H20S2. The molecule has 0 heterocycles. The van der Waals surface area contributed by atoms with E-state index in [0.29, 0.717) is 0 Å². The van der Waals surface area contributed by atoms with E-state index < -0.39 is 0 Å². The van der Waals surface area contributed by atoms with Gasteiger partial charge in [-0.2, -0.15) is 11.8 Å². The molecule has 0 aliphatic heterocycles. The normalized spacial score (nSPS) is 10.5. The van der Waals surface area contributed by atoms with Gasteiger partial charge in [-0.25, -0.2) is 0 Å². The molecule has 0 N–H and O–H groups in total. The van der Waals surface area contributed by atoms with Crippen molar-refractivity contribution >= 4 is 23.5 Å². The summed E-state index contributed by atoms with van der Waals surface area (Å²) in [6, 6.07) is 8.65. The quantitative estimate of drug-likeness (QED) is 0.504. The van der Waals surface area contributed by atoms with Crippen molar-refractivity contribution in [1.29, 1.82) is 0 Å². The maximum absolute atomic E-state index is 2.23. The minimum absolute atomic E-state index is 1.25. The highest BCUT2D eigenvalue weighted by molar-refractivity contribution is 7.99. The molecule has 0 fully saturated rings. The topological polar surface area (TPSA) is 0 Å². The van der Waals surface area contributed by atoms with Crippen LogP contribution in [0, 0.1) is 6.92 Å². The van der Waals surface area contributed by atoms with Gasteiger partial charge in [0.15, 0.2) is 0 Å². The molecule has 0 amide bonds. The first kappa shape index (κ1) is 13.0. The van der Waals surface area contributed by atoms with Crippen LogP contribution in [-0.4, -0.2) is 17.3 Å². The van der Waals surface area contributed by atoms with Crippen LogP contribution in [0.25, 0.3) is 0 Å². The minimum atomic E-state index is 1.25. The standard InChI is InChI=1S/C13H20S2/c1-3-14-10-6-7-11-15-13-9-5-4-8-12(13)2/h4-5,8-9H,3,6-7,10-11H2,1-2H3. The van der Waals surface area contributed by atoms with Gasteiger partial charge in [0.05, 0.1) is 0 Å². The van der Waals surface area contributed by atoms with E-state index in [9.17, 15) is 0 Å². The van der Waals surface area contributed by atoms with Gasteiger partial charge in [0, 0.05) is 4.90 Å². The maximum atomic E-state index is 2.23. The van der Waals surface area contributed by atoms with Gasteiger partial charge in [0.1, 0.15) is 0 Å². The Morgan fingerprint density at radius 3 is 2.53 bits per heavy atom. The number of hydrogen-bond donors (Lipinski definition) is 0. The molecule has 0 aliphatic rings. The fraction of sp³-hybridized carbons (Fsp3) is 0.538. The molecule has 1 aromatic rings. The lowest BCUT2D eigenvalue weighted by molar-refractivity contribution is 0.907. The molecule has 0 saturated carbocycles. The van der Waals surface area contributed by atoms with E-state index in [1.165, 1.54) is 40.6 Å². The predicted octanol–water partition coefficient (Wildman–Crippen LogP) is 4.62. The van der Waals surface area contributed by atoms with Crippen LogP contribution in [0.3, 0.4) is 0 Å². The fourth-order valence-corrected chi connectivity index (χ4v) is 3.09. The van der Waals surface area contributed by atoms with Crippen LogP contribution in [0.4, 0.5) is 0 Å². The highest BCUT2D eigenvalue weighted by Gasteiger charge is 1.97. The molecule has 15 heavy (non-hydrogen) atoms. The van der Waals surface area contributed by atoms with Gasteiger partial charge < -0.3 is 0 Å². The van der Waals surface area contributed by atoms with E-state index in [4.69, 9.17) is 0 Å². The van der Waals surface area contributed by atoms with Crippen LogP contribution in [0.1, 0.15) is 25.3 Å². The summed E-state index contributed by atoms with van der Waals surface area (Å²) >= 11 is 4.04. The number of aryl methyl sites for hydroxylation is 1. The van der Waals surface area contributed by atoms with E-state index in [2.05, 4.69) is 38.1 Å². The molecule has 0 aliphatic carbocycles. The molecule has 1 aromatic carbocycles. The van der Waals surface area contributed by atoms with Crippen molar-refractivity contribution in [1.82, 2.24) is 0 Å². The number of unbranched alkanes of at least 4 members (excludes halogenated alkanes) is 1. The van der Waals surface area contributed by atoms with Gasteiger partial charge in [-0.15, -0.1) is 11.8 Å². The van der Waals surface area contributed by atoms with Crippen LogP contribution in [-0.2, 0) is 0 Å². The van der Waals surface area contributed by atoms with Crippen molar-refractivity contribution in [3.63, 3.8) is 0 Å². The molecule has 0 nitrogen and oxygen atoms in total. The Labute approximate surface area is 102 Å². The molecule has 1 rings (SSSR count). The summed E-state index contributed by atoms with van der Waals surface area (Å²) in [5.74, 6) is 3.84. The molecule has 0 unspecified atom stereocenters. The average Bonchev–Trinajstić information content (AvgIpc) is 2.25. The predicted molar refractivity (Wildman–Crippen MR) is 74.1 cm³/mol. The zero-order chi connectivity index (χ0) is 10.9. The lowest BCUT2D eigenvalue weighted by Crippen LogP contribution is -1.86. The van der Waals surface area contributed by atoms with Crippen LogP contribution < -0.4 is 0 Å². The van der Waals surface area contributed by atoms with Crippen LogP contribution in [0.2, 0.25) is 0 Å². The summed E-state index contributed by atoms with van der Waals surface area (Å²) in [7, 11) is 0. The second-order valence-electron chi connectivity index (χ2n) is 3.52. The largest absolute Gasteiger partial charge is 0.162 e. The van der Waals surface area contributed by atoms with Gasteiger partial charge in [0.2, 0.25) is 0 Å². The summed E-state index contributed by atoms with van der Waals surface area (Å²) < 4.78 is 0. The first-order valence-electron chi connectivity index (χ1n) is 5.60. The Morgan fingerprint density at radius 1 is 1.07 bits per heavy atom. The van der Waals surface area contributed by atoms with E-state index >= 15 is 0 Å². The summed E-state index contributed by atoms with van der Waals surface area (Å²) in [4.78, 5) is 1.45. The van der Waals surface area contributed by atoms with E-state index in [1.54, 1.807) is 0 Å². The molecule has 0 atom stereocenters. The molecule has 2 heteroatoms. The second-order valence-corrected chi connectivity index (χ2v) is 6.05. The van der Waals surface area contributed by atoms with Crippen LogP contribution in [0.15, 0.2) is 29.2 Å². The first-order valence-corrected chi connectivity index (χ1v) is 7.74. The summed E-state index contributed by atoms with van der Waals surface area (Å²) in [5, 5.41) is 0. The lowest BCUT2D eigenvalue weighted by atomic mass is 10.2. The van der Waals surface area contributed by atoms with Crippen molar-refractivity contribution in [2.75, 3.05) is 17.3 Å². The van der Waals surface area contributed by atoms with Crippen molar-refractivity contribution in [2.45, 2.75) is 31.6 Å². The summed E-state index contributed by atoms with van der Waals surface area (Å²) in [6.45, 7) is 4.42. The molecule has 0 saturated heterocycles. The van der Waals surface area contributed by atoms with Crippen molar-refractivity contribution in [3.8, 4) is 0 Å². The Balaban J connectivity index is 2.12. The van der Waals surface area contributed by atoms with Crippen molar-refractivity contribution in [3.05, 3.63) is 29.8 Å². The van der Waals surface area contributed by atoms with Crippen molar-refractivity contribution < 1.29 is 0 Å². The Morgan fingerprint density at radius 2 is 1.80 bits per heavy atom. The molecule has 0 spiro atoms. The number of benzene rings is 1. The third-order valence-electron chi connectivity index (χ3n) is 2.24. The molecule has 0 aromatic heterocycles. The molecular weight excluding hydrogens is 220 g/mol. The van der Waals surface area contributed by atoms with Crippen LogP contribution >= 0.6 is 23.5 Å². The fourth-order valence-electron chi connectivity index (χ4n) is 1.35. The number of thioether (sulfide) groups is 2. The Bertz CT molecular complexity index is 271. The van der Waals surface area contributed by atoms with Gasteiger partial charge in [0.25, 0.3) is 0 Å². The smallest absolute Gasteiger partial charge is 0.0101 e. The lowest BCUT2D eigenvalue weighted by Gasteiger charge is -2.04. The minimum Gasteiger partial charge on any atom is -0.162 e. The highest BCUT2D eigenvalue weighted by atomic mass is 32.2. The third-order valence-corrected chi connectivity index (χ3v) is 4.49. The average molecular weight is 240 g/mol. The van der Waals surface area contributed by atoms with E-state index in [1.807, 2.05) is 23.5 Å². The van der Waals surface area contributed by atoms with Gasteiger partial charge in [-0.1, -0.05) is 25.1 Å².